The van der Waals surface area contributed by atoms with Gasteiger partial charge in [-0.05, 0) is 49.5 Å². The van der Waals surface area contributed by atoms with E-state index in [9.17, 15) is 9.59 Å². The summed E-state index contributed by atoms with van der Waals surface area (Å²) < 4.78 is 0. The summed E-state index contributed by atoms with van der Waals surface area (Å²) in [6, 6.07) is 3.90. The molecule has 2 aliphatic heterocycles. The van der Waals surface area contributed by atoms with E-state index in [0.717, 1.165) is 46.5 Å². The fourth-order valence-corrected chi connectivity index (χ4v) is 3.85. The fraction of sp³-hybridized carbons (Fsp3) is 0.368. The Hall–Kier alpha value is -1.87. The fourth-order valence-electron chi connectivity index (χ4n) is 3.60. The van der Waals surface area contributed by atoms with Crippen molar-refractivity contribution in [2.24, 2.45) is 0 Å². The third-order valence-electron chi connectivity index (χ3n) is 4.90. The number of carbonyl (C=O) groups is 2. The first-order valence-electron chi connectivity index (χ1n) is 7.96. The molecule has 4 rings (SSSR count). The first-order chi connectivity index (χ1) is 11.0. The minimum atomic E-state index is -0.0882. The largest absolute Gasteiger partial charge is 0.331 e. The number of piperidine rings is 1. The maximum Gasteiger partial charge on any atom is 0.210 e. The second-order valence-corrected chi connectivity index (χ2v) is 6.54. The summed E-state index contributed by atoms with van der Waals surface area (Å²) in [5, 5.41) is 0.789. The number of fused-ring (bicyclic) bond motifs is 2. The smallest absolute Gasteiger partial charge is 0.210 e. The van der Waals surface area contributed by atoms with E-state index in [1.54, 1.807) is 4.90 Å². The molecule has 3 fully saturated rings. The lowest BCUT2D eigenvalue weighted by atomic mass is 9.72. The van der Waals surface area contributed by atoms with Crippen molar-refractivity contribution in [3.63, 3.8) is 0 Å². The molecule has 1 aromatic carbocycles. The molecule has 23 heavy (non-hydrogen) atoms. The van der Waals surface area contributed by atoms with E-state index in [0.29, 0.717) is 5.57 Å². The van der Waals surface area contributed by atoms with Crippen molar-refractivity contribution in [1.29, 1.82) is 0 Å². The Kier molecular flexibility index (Phi) is 4.15. The molecule has 0 radical (unpaired) electrons. The van der Waals surface area contributed by atoms with Gasteiger partial charge in [0.25, 0.3) is 0 Å². The summed E-state index contributed by atoms with van der Waals surface area (Å²) in [4.78, 5) is 25.7. The van der Waals surface area contributed by atoms with Gasteiger partial charge in [0, 0.05) is 16.2 Å². The van der Waals surface area contributed by atoms with Gasteiger partial charge in [0.15, 0.2) is 5.78 Å². The summed E-state index contributed by atoms with van der Waals surface area (Å²) >= 11 is 6.31. The van der Waals surface area contributed by atoms with Crippen LogP contribution in [0.4, 0.5) is 0 Å². The van der Waals surface area contributed by atoms with Crippen LogP contribution in [-0.2, 0) is 16.0 Å². The molecule has 1 amide bonds. The summed E-state index contributed by atoms with van der Waals surface area (Å²) in [6.45, 7) is 5.89. The van der Waals surface area contributed by atoms with E-state index >= 15 is 0 Å². The van der Waals surface area contributed by atoms with Gasteiger partial charge in [0.2, 0.25) is 6.41 Å². The Morgan fingerprint density at radius 1 is 1.30 bits per heavy atom. The van der Waals surface area contributed by atoms with Crippen LogP contribution >= 0.6 is 11.6 Å². The maximum atomic E-state index is 12.7. The number of hydrogen-bond donors (Lipinski definition) is 0. The van der Waals surface area contributed by atoms with Gasteiger partial charge < -0.3 is 4.90 Å². The number of rotatable bonds is 3. The SMILES string of the molecule is C/C=C1/C(=O)/C(=C/c2cc(C)c(Cl)c(CC)c2)C2CC1N2C=O. The summed E-state index contributed by atoms with van der Waals surface area (Å²) in [5.74, 6) is 0.0671. The highest BCUT2D eigenvalue weighted by Crippen LogP contribution is 2.42. The van der Waals surface area contributed by atoms with Crippen LogP contribution < -0.4 is 0 Å². The van der Waals surface area contributed by atoms with Gasteiger partial charge in [-0.25, -0.2) is 0 Å². The van der Waals surface area contributed by atoms with Gasteiger partial charge in [0.05, 0.1) is 12.1 Å². The van der Waals surface area contributed by atoms with Crippen molar-refractivity contribution in [1.82, 2.24) is 4.90 Å². The zero-order valence-corrected chi connectivity index (χ0v) is 14.4. The van der Waals surface area contributed by atoms with Crippen LogP contribution in [0.15, 0.2) is 29.4 Å². The summed E-state index contributed by atoms with van der Waals surface area (Å²) in [7, 11) is 0. The van der Waals surface area contributed by atoms with Crippen molar-refractivity contribution in [2.45, 2.75) is 45.7 Å². The molecule has 1 aliphatic carbocycles. The summed E-state index contributed by atoms with van der Waals surface area (Å²) in [6.07, 6.45) is 6.29. The number of nitrogens with zero attached hydrogens (tertiary/aromatic N) is 1. The van der Waals surface area contributed by atoms with Crippen molar-refractivity contribution in [3.8, 4) is 0 Å². The molecule has 0 aromatic heterocycles. The monoisotopic (exact) mass is 329 g/mol. The number of benzene rings is 1. The molecule has 1 saturated carbocycles. The topological polar surface area (TPSA) is 37.4 Å². The number of amides is 1. The molecule has 0 N–H and O–H groups in total. The average molecular weight is 330 g/mol. The lowest BCUT2D eigenvalue weighted by Gasteiger charge is -2.52. The van der Waals surface area contributed by atoms with Crippen LogP contribution in [0.1, 0.15) is 37.0 Å². The standard InChI is InChI=1S/C19H20ClNO2/c1-4-13-7-12(6-11(3)18(13)20)8-15-17-9-16(21(17)10-22)14(5-2)19(15)23/h5-8,10,16-17H,4,9H2,1-3H3/b14-5+,15-8+. The number of Topliss-reactive ketones (excluding diaryl/α,β-unsaturated/α-hetero) is 1. The minimum absolute atomic E-state index is 0.0368. The van der Waals surface area contributed by atoms with E-state index in [1.165, 1.54) is 0 Å². The van der Waals surface area contributed by atoms with E-state index in [2.05, 4.69) is 6.92 Å². The zero-order chi connectivity index (χ0) is 16.7. The number of allylic oxidation sites excluding steroid dienone is 1. The van der Waals surface area contributed by atoms with Crippen LogP contribution in [0.5, 0.6) is 0 Å². The number of hydrogen-bond acceptors (Lipinski definition) is 2. The number of carbonyl (C=O) groups excluding carboxylic acids is 2. The Labute approximate surface area is 141 Å². The van der Waals surface area contributed by atoms with Crippen LogP contribution in [-0.4, -0.2) is 29.2 Å². The average Bonchev–Trinajstić information content (AvgIpc) is 2.52. The number of ketones is 1. The Bertz CT molecular complexity index is 748. The second-order valence-electron chi connectivity index (χ2n) is 6.16. The lowest BCUT2D eigenvalue weighted by molar-refractivity contribution is -0.131. The molecule has 0 spiro atoms. The van der Waals surface area contributed by atoms with Gasteiger partial charge in [-0.2, -0.15) is 0 Å². The first kappa shape index (κ1) is 16.0. The molecule has 2 saturated heterocycles. The number of aryl methyl sites for hydroxylation is 2. The van der Waals surface area contributed by atoms with Gasteiger partial charge in [-0.1, -0.05) is 36.7 Å². The van der Waals surface area contributed by atoms with Crippen LogP contribution in [0.25, 0.3) is 6.08 Å². The molecule has 3 aliphatic rings. The molecule has 2 unspecified atom stereocenters. The van der Waals surface area contributed by atoms with Gasteiger partial charge in [0.1, 0.15) is 0 Å². The minimum Gasteiger partial charge on any atom is -0.331 e. The molecule has 2 bridgehead atoms. The van der Waals surface area contributed by atoms with Crippen LogP contribution in [0.3, 0.4) is 0 Å². The van der Waals surface area contributed by atoms with Gasteiger partial charge >= 0.3 is 0 Å². The maximum absolute atomic E-state index is 12.7. The predicted octanol–water partition coefficient (Wildman–Crippen LogP) is 3.72. The second kappa shape index (κ2) is 5.97. The quantitative estimate of drug-likeness (QED) is 0.626. The Morgan fingerprint density at radius 2 is 2.00 bits per heavy atom. The number of halogens is 1. The van der Waals surface area contributed by atoms with Crippen molar-refractivity contribution in [3.05, 3.63) is 51.1 Å². The van der Waals surface area contributed by atoms with E-state index in [4.69, 9.17) is 11.6 Å². The third-order valence-corrected chi connectivity index (χ3v) is 5.44. The van der Waals surface area contributed by atoms with Crippen LogP contribution in [0, 0.1) is 6.92 Å². The highest BCUT2D eigenvalue weighted by molar-refractivity contribution is 6.32. The molecule has 120 valence electrons. The third kappa shape index (κ3) is 2.43. The van der Waals surface area contributed by atoms with Crippen molar-refractivity contribution in [2.75, 3.05) is 0 Å². The highest BCUT2D eigenvalue weighted by Gasteiger charge is 2.50. The predicted molar refractivity (Wildman–Crippen MR) is 92.4 cm³/mol. The van der Waals surface area contributed by atoms with E-state index in [1.807, 2.05) is 38.1 Å². The Morgan fingerprint density at radius 3 is 2.61 bits per heavy atom. The van der Waals surface area contributed by atoms with E-state index in [-0.39, 0.29) is 17.9 Å². The lowest BCUT2D eigenvalue weighted by Crippen LogP contribution is -2.62. The molecular weight excluding hydrogens is 310 g/mol. The van der Waals surface area contributed by atoms with Gasteiger partial charge in [-0.15, -0.1) is 0 Å². The Balaban J connectivity index is 2.06. The van der Waals surface area contributed by atoms with Crippen molar-refractivity contribution < 1.29 is 9.59 Å². The summed E-state index contributed by atoms with van der Waals surface area (Å²) in [5.41, 5.74) is 4.49. The highest BCUT2D eigenvalue weighted by atomic mass is 35.5. The molecular formula is C19H20ClNO2. The molecule has 2 heterocycles. The van der Waals surface area contributed by atoms with Crippen molar-refractivity contribution >= 4 is 29.9 Å². The molecule has 2 atom stereocenters. The van der Waals surface area contributed by atoms with Crippen LogP contribution in [0.2, 0.25) is 5.02 Å². The molecule has 1 aromatic rings. The van der Waals surface area contributed by atoms with Gasteiger partial charge in [-0.3, -0.25) is 9.59 Å². The first-order valence-corrected chi connectivity index (χ1v) is 8.33. The molecule has 4 heteroatoms. The van der Waals surface area contributed by atoms with E-state index < -0.39 is 0 Å². The molecule has 3 nitrogen and oxygen atoms in total. The normalized spacial score (nSPS) is 26.6. The zero-order valence-electron chi connectivity index (χ0n) is 13.6.